The number of hydrogen-bond donors (Lipinski definition) is 0. The Labute approximate surface area is 156 Å². The number of ether oxygens (including phenoxy) is 1. The van der Waals surface area contributed by atoms with Crippen molar-refractivity contribution < 1.29 is 19.2 Å². The summed E-state index contributed by atoms with van der Waals surface area (Å²) in [5.41, 5.74) is 0.191. The van der Waals surface area contributed by atoms with Gasteiger partial charge in [-0.05, 0) is 37.5 Å². The Morgan fingerprint density at radius 1 is 1.27 bits per heavy atom. The third-order valence-corrected chi connectivity index (χ3v) is 4.46. The van der Waals surface area contributed by atoms with Crippen LogP contribution < -0.4 is 0 Å². The molecule has 26 heavy (non-hydrogen) atoms. The maximum atomic E-state index is 12.4. The molecular weight excluding hydrogens is 360 g/mol. The fraction of sp³-hybridized carbons (Fsp3) is 0.444. The van der Waals surface area contributed by atoms with Crippen LogP contribution in [0.4, 0.5) is 5.69 Å². The van der Waals surface area contributed by atoms with E-state index in [0.717, 1.165) is 31.8 Å². The summed E-state index contributed by atoms with van der Waals surface area (Å²) in [5.74, 6) is -0.881. The normalized spacial score (nSPS) is 16.2. The molecule has 0 saturated carbocycles. The van der Waals surface area contributed by atoms with Crippen LogP contribution in [0.2, 0.25) is 5.02 Å². The number of nitro benzene ring substituents is 1. The molecule has 0 bridgehead atoms. The second-order valence-electron chi connectivity index (χ2n) is 6.12. The van der Waals surface area contributed by atoms with Crippen molar-refractivity contribution in [2.45, 2.75) is 38.7 Å². The van der Waals surface area contributed by atoms with E-state index in [1.807, 2.05) is 0 Å². The highest BCUT2D eigenvalue weighted by atomic mass is 35.5. The summed E-state index contributed by atoms with van der Waals surface area (Å²) in [4.78, 5) is 36.3. The van der Waals surface area contributed by atoms with E-state index >= 15 is 0 Å². The lowest BCUT2D eigenvalue weighted by atomic mass is 10.2. The van der Waals surface area contributed by atoms with E-state index in [-0.39, 0.29) is 16.6 Å². The Bertz CT molecular complexity index is 712. The van der Waals surface area contributed by atoms with E-state index in [0.29, 0.717) is 18.7 Å². The van der Waals surface area contributed by atoms with Gasteiger partial charge in [-0.3, -0.25) is 14.9 Å². The summed E-state index contributed by atoms with van der Waals surface area (Å²) in [5, 5.41) is 10.9. The van der Waals surface area contributed by atoms with Crippen molar-refractivity contribution in [3.05, 3.63) is 45.0 Å². The maximum Gasteiger partial charge on any atom is 0.331 e. The molecule has 1 heterocycles. The largest absolute Gasteiger partial charge is 0.449 e. The topological polar surface area (TPSA) is 89.7 Å². The lowest BCUT2D eigenvalue weighted by molar-refractivity contribution is -0.384. The van der Waals surface area contributed by atoms with Crippen LogP contribution in [0.15, 0.2) is 24.3 Å². The van der Waals surface area contributed by atoms with Gasteiger partial charge in [0.2, 0.25) is 0 Å². The summed E-state index contributed by atoms with van der Waals surface area (Å²) >= 11 is 5.74. The molecule has 1 saturated heterocycles. The number of hydrogen-bond acceptors (Lipinski definition) is 5. The standard InChI is InChI=1S/C18H21ClN2O5/c1-13(18(23)20-10-4-2-3-5-11-20)26-17(22)9-7-14-6-8-15(19)16(12-14)21(24)25/h6-9,12-13H,2-5,10-11H2,1H3/b9-7+. The first-order valence-electron chi connectivity index (χ1n) is 8.50. The van der Waals surface area contributed by atoms with E-state index in [2.05, 4.69) is 0 Å². The molecule has 0 aliphatic carbocycles. The molecule has 0 radical (unpaired) electrons. The van der Waals surface area contributed by atoms with E-state index in [4.69, 9.17) is 16.3 Å². The number of rotatable bonds is 5. The first-order chi connectivity index (χ1) is 12.4. The SMILES string of the molecule is CC(OC(=O)/C=C/c1ccc(Cl)c([N+](=O)[O-])c1)C(=O)N1CCCCCC1. The molecule has 1 aromatic rings. The van der Waals surface area contributed by atoms with Crippen molar-refractivity contribution in [3.8, 4) is 0 Å². The highest BCUT2D eigenvalue weighted by Gasteiger charge is 2.23. The number of nitrogens with zero attached hydrogens (tertiary/aromatic N) is 2. The Morgan fingerprint density at radius 3 is 2.54 bits per heavy atom. The van der Waals surface area contributed by atoms with Gasteiger partial charge in [-0.15, -0.1) is 0 Å². The third kappa shape index (κ3) is 5.56. The number of esters is 1. The highest BCUT2D eigenvalue weighted by molar-refractivity contribution is 6.32. The molecule has 8 heteroatoms. The predicted octanol–water partition coefficient (Wildman–Crippen LogP) is 3.60. The molecule has 1 fully saturated rings. The highest BCUT2D eigenvalue weighted by Crippen LogP contribution is 2.25. The van der Waals surface area contributed by atoms with Gasteiger partial charge in [0, 0.05) is 25.2 Å². The van der Waals surface area contributed by atoms with Crippen LogP contribution in [0.3, 0.4) is 0 Å². The molecule has 0 spiro atoms. The number of benzene rings is 1. The Kier molecular flexibility index (Phi) is 7.15. The van der Waals surface area contributed by atoms with Crippen molar-refractivity contribution in [2.24, 2.45) is 0 Å². The van der Waals surface area contributed by atoms with Gasteiger partial charge < -0.3 is 9.64 Å². The number of amides is 1. The van der Waals surface area contributed by atoms with E-state index in [1.54, 1.807) is 17.9 Å². The average molecular weight is 381 g/mol. The van der Waals surface area contributed by atoms with Crippen LogP contribution >= 0.6 is 11.6 Å². The average Bonchev–Trinajstić information content (AvgIpc) is 2.89. The fourth-order valence-electron chi connectivity index (χ4n) is 2.75. The molecule has 1 amide bonds. The van der Waals surface area contributed by atoms with Gasteiger partial charge in [0.1, 0.15) is 5.02 Å². The Balaban J connectivity index is 1.94. The molecule has 0 aromatic heterocycles. The zero-order chi connectivity index (χ0) is 19.1. The summed E-state index contributed by atoms with van der Waals surface area (Å²) in [6.45, 7) is 2.92. The lowest BCUT2D eigenvalue weighted by Gasteiger charge is -2.23. The Morgan fingerprint density at radius 2 is 1.92 bits per heavy atom. The van der Waals surface area contributed by atoms with Gasteiger partial charge in [0.05, 0.1) is 4.92 Å². The quantitative estimate of drug-likeness (QED) is 0.337. The van der Waals surface area contributed by atoms with Crippen LogP contribution in [0.25, 0.3) is 6.08 Å². The van der Waals surface area contributed by atoms with Crippen molar-refractivity contribution >= 4 is 35.2 Å². The minimum atomic E-state index is -0.871. The minimum Gasteiger partial charge on any atom is -0.449 e. The van der Waals surface area contributed by atoms with Crippen molar-refractivity contribution in [1.82, 2.24) is 4.90 Å². The summed E-state index contributed by atoms with van der Waals surface area (Å²) < 4.78 is 5.15. The van der Waals surface area contributed by atoms with E-state index in [1.165, 1.54) is 18.2 Å². The number of likely N-dealkylation sites (tertiary alicyclic amines) is 1. The summed E-state index contributed by atoms with van der Waals surface area (Å²) in [6.07, 6.45) is 5.78. The molecule has 140 valence electrons. The molecule has 1 unspecified atom stereocenters. The second-order valence-corrected chi connectivity index (χ2v) is 6.53. The van der Waals surface area contributed by atoms with Crippen molar-refractivity contribution in [1.29, 1.82) is 0 Å². The van der Waals surface area contributed by atoms with Gasteiger partial charge in [0.25, 0.3) is 11.6 Å². The number of halogens is 1. The second kappa shape index (κ2) is 9.33. The van der Waals surface area contributed by atoms with Crippen LogP contribution in [-0.2, 0) is 14.3 Å². The zero-order valence-electron chi connectivity index (χ0n) is 14.5. The van der Waals surface area contributed by atoms with Gasteiger partial charge in [0.15, 0.2) is 6.10 Å². The third-order valence-electron chi connectivity index (χ3n) is 4.14. The lowest BCUT2D eigenvalue weighted by Crippen LogP contribution is -2.40. The summed E-state index contributed by atoms with van der Waals surface area (Å²) in [6, 6.07) is 4.19. The van der Waals surface area contributed by atoms with Crippen LogP contribution in [0, 0.1) is 10.1 Å². The molecule has 0 N–H and O–H groups in total. The van der Waals surface area contributed by atoms with Crippen LogP contribution in [0.1, 0.15) is 38.2 Å². The molecule has 1 aromatic carbocycles. The molecule has 1 aliphatic rings. The van der Waals surface area contributed by atoms with Gasteiger partial charge in [-0.1, -0.05) is 30.5 Å². The molecular formula is C18H21ClN2O5. The Hall–Kier alpha value is -2.41. The first kappa shape index (κ1) is 19.9. The van der Waals surface area contributed by atoms with Crippen LogP contribution in [0.5, 0.6) is 0 Å². The minimum absolute atomic E-state index is 0.0198. The molecule has 1 aliphatic heterocycles. The van der Waals surface area contributed by atoms with E-state index in [9.17, 15) is 19.7 Å². The molecule has 7 nitrogen and oxygen atoms in total. The van der Waals surface area contributed by atoms with Crippen molar-refractivity contribution in [3.63, 3.8) is 0 Å². The number of carbonyl (C=O) groups excluding carboxylic acids is 2. The van der Waals surface area contributed by atoms with Gasteiger partial charge in [-0.2, -0.15) is 0 Å². The van der Waals surface area contributed by atoms with E-state index < -0.39 is 17.0 Å². The van der Waals surface area contributed by atoms with Crippen LogP contribution in [-0.4, -0.2) is 40.9 Å². The predicted molar refractivity (Wildman–Crippen MR) is 97.7 cm³/mol. The monoisotopic (exact) mass is 380 g/mol. The smallest absolute Gasteiger partial charge is 0.331 e. The van der Waals surface area contributed by atoms with Gasteiger partial charge >= 0.3 is 5.97 Å². The number of nitro groups is 1. The first-order valence-corrected chi connectivity index (χ1v) is 8.87. The molecule has 1 atom stereocenters. The fourth-order valence-corrected chi connectivity index (χ4v) is 2.94. The number of carbonyl (C=O) groups is 2. The summed E-state index contributed by atoms with van der Waals surface area (Å²) in [7, 11) is 0. The zero-order valence-corrected chi connectivity index (χ0v) is 15.3. The maximum absolute atomic E-state index is 12.4. The van der Waals surface area contributed by atoms with Gasteiger partial charge in [-0.25, -0.2) is 4.79 Å². The van der Waals surface area contributed by atoms with Crippen molar-refractivity contribution in [2.75, 3.05) is 13.1 Å². The molecule has 2 rings (SSSR count).